The van der Waals surface area contributed by atoms with E-state index >= 15 is 0 Å². The molecule has 3 heterocycles. The van der Waals surface area contributed by atoms with Crippen LogP contribution in [0.5, 0.6) is 0 Å². The van der Waals surface area contributed by atoms with Gasteiger partial charge in [0.1, 0.15) is 0 Å². The van der Waals surface area contributed by atoms with E-state index in [0.717, 1.165) is 62.0 Å². The largest absolute Gasteiger partial charge is 0.356 e. The van der Waals surface area contributed by atoms with E-state index in [-0.39, 0.29) is 66.9 Å². The third kappa shape index (κ3) is 10.8. The van der Waals surface area contributed by atoms with Crippen LogP contribution in [0.2, 0.25) is 0 Å². The second-order valence-electron chi connectivity index (χ2n) is 10.6. The van der Waals surface area contributed by atoms with E-state index in [0.29, 0.717) is 44.0 Å². The maximum Gasteiger partial charge on any atom is 0.315 e. The van der Waals surface area contributed by atoms with Crippen LogP contribution < -0.4 is 21.3 Å². The van der Waals surface area contributed by atoms with Gasteiger partial charge in [0, 0.05) is 56.2 Å². The number of carbonyl (C=O) groups excluding carboxylic acids is 6. The fraction of sp³-hybridized carbons (Fsp3) is 0.778. The molecule has 3 atom stereocenters. The van der Waals surface area contributed by atoms with E-state index in [1.165, 1.54) is 0 Å². The number of unbranched alkanes of at least 4 members (excludes halogenated alkanes) is 5. The molecular formula is C27H43N5O6S. The highest BCUT2D eigenvalue weighted by molar-refractivity contribution is 8.00. The first-order valence-electron chi connectivity index (χ1n) is 14.4. The number of hydrogen-bond acceptors (Lipinski definition) is 7. The average molecular weight is 566 g/mol. The van der Waals surface area contributed by atoms with Crippen molar-refractivity contribution in [3.05, 3.63) is 0 Å². The molecule has 3 unspecified atom stereocenters. The Morgan fingerprint density at radius 1 is 0.769 bits per heavy atom. The summed E-state index contributed by atoms with van der Waals surface area (Å²) in [7, 11) is 0. The number of carbonyl (C=O) groups is 6. The van der Waals surface area contributed by atoms with Gasteiger partial charge in [-0.2, -0.15) is 11.8 Å². The van der Waals surface area contributed by atoms with Crippen LogP contribution in [-0.2, 0) is 24.0 Å². The second kappa shape index (κ2) is 16.5. The first-order chi connectivity index (χ1) is 18.8. The number of rotatable bonds is 19. The van der Waals surface area contributed by atoms with Gasteiger partial charge in [-0.15, -0.1) is 0 Å². The van der Waals surface area contributed by atoms with E-state index in [1.807, 2.05) is 11.8 Å². The standard InChI is InChI=1S/C27H43N5O6S/c33-19(17-32-24(36)13-14-25(32)37)9-3-1-7-15-28-22(34)11-4-2-8-16-29-23(35)12-6-5-10-21-26-20(18-39-21)30-27(38)31-26/h20-21,26H,1-18H2,(H,28,34)(H,29,35)(H2,30,31,38). The fourth-order valence-corrected chi connectivity index (χ4v) is 6.72. The van der Waals surface area contributed by atoms with Crippen LogP contribution >= 0.6 is 11.8 Å². The van der Waals surface area contributed by atoms with Crippen LogP contribution in [0.3, 0.4) is 0 Å². The van der Waals surface area contributed by atoms with E-state index in [1.54, 1.807) is 0 Å². The number of urea groups is 1. The molecular weight excluding hydrogens is 522 g/mol. The highest BCUT2D eigenvalue weighted by Gasteiger charge is 2.42. The van der Waals surface area contributed by atoms with Gasteiger partial charge in [0.05, 0.1) is 18.6 Å². The van der Waals surface area contributed by atoms with Gasteiger partial charge in [-0.25, -0.2) is 4.79 Å². The van der Waals surface area contributed by atoms with Gasteiger partial charge in [-0.3, -0.25) is 28.9 Å². The zero-order valence-corrected chi connectivity index (χ0v) is 23.6. The molecule has 3 aliphatic rings. The summed E-state index contributed by atoms with van der Waals surface area (Å²) in [6.07, 6.45) is 9.28. The predicted molar refractivity (Wildman–Crippen MR) is 148 cm³/mol. The van der Waals surface area contributed by atoms with Crippen molar-refractivity contribution >= 4 is 47.2 Å². The van der Waals surface area contributed by atoms with Crippen molar-refractivity contribution in [2.24, 2.45) is 0 Å². The second-order valence-corrected chi connectivity index (χ2v) is 11.9. The lowest BCUT2D eigenvalue weighted by Gasteiger charge is -2.16. The molecule has 0 spiro atoms. The van der Waals surface area contributed by atoms with Crippen molar-refractivity contribution < 1.29 is 28.8 Å². The Labute approximate surface area is 234 Å². The van der Waals surface area contributed by atoms with E-state index < -0.39 is 0 Å². The summed E-state index contributed by atoms with van der Waals surface area (Å²) in [5.41, 5.74) is 0. The number of nitrogens with one attached hydrogen (secondary N) is 4. The zero-order valence-electron chi connectivity index (χ0n) is 22.8. The molecule has 0 aromatic carbocycles. The third-order valence-corrected chi connectivity index (χ3v) is 8.94. The molecule has 3 saturated heterocycles. The van der Waals surface area contributed by atoms with Crippen molar-refractivity contribution in [1.82, 2.24) is 26.2 Å². The number of thioether (sulfide) groups is 1. The van der Waals surface area contributed by atoms with Gasteiger partial charge < -0.3 is 21.3 Å². The number of fused-ring (bicyclic) bond motifs is 1. The summed E-state index contributed by atoms with van der Waals surface area (Å²) >= 11 is 1.90. The van der Waals surface area contributed by atoms with Crippen molar-refractivity contribution in [2.75, 3.05) is 25.4 Å². The van der Waals surface area contributed by atoms with Gasteiger partial charge in [-0.1, -0.05) is 19.3 Å². The summed E-state index contributed by atoms with van der Waals surface area (Å²) in [6, 6.07) is 0.391. The SMILES string of the molecule is O=C(CCCCCNC(=O)CCCCCNC(=O)CCCCC1SCC2NC(=O)NC21)CN1C(=O)CCC1=O. The average Bonchev–Trinajstić information content (AvgIpc) is 3.56. The van der Waals surface area contributed by atoms with Crippen molar-refractivity contribution in [1.29, 1.82) is 0 Å². The number of imide groups is 1. The Morgan fingerprint density at radius 2 is 1.36 bits per heavy atom. The quantitative estimate of drug-likeness (QED) is 0.106. The fourth-order valence-electron chi connectivity index (χ4n) is 5.17. The molecule has 0 saturated carbocycles. The van der Waals surface area contributed by atoms with Crippen molar-refractivity contribution in [3.63, 3.8) is 0 Å². The third-order valence-electron chi connectivity index (χ3n) is 7.43. The van der Waals surface area contributed by atoms with Gasteiger partial charge in [0.2, 0.25) is 23.6 Å². The molecule has 4 N–H and O–H groups in total. The Hall–Kier alpha value is -2.63. The molecule has 218 valence electrons. The maximum atomic E-state index is 12.0. The lowest BCUT2D eigenvalue weighted by molar-refractivity contribution is -0.141. The molecule has 39 heavy (non-hydrogen) atoms. The van der Waals surface area contributed by atoms with E-state index in [2.05, 4.69) is 21.3 Å². The lowest BCUT2D eigenvalue weighted by atomic mass is 10.0. The summed E-state index contributed by atoms with van der Waals surface area (Å²) in [5.74, 6) is 0.408. The minimum absolute atomic E-state index is 0.0147. The molecule has 0 aromatic rings. The summed E-state index contributed by atoms with van der Waals surface area (Å²) in [4.78, 5) is 71.6. The normalized spacial score (nSPS) is 22.0. The Kier molecular flexibility index (Phi) is 13.1. The number of likely N-dealkylation sites (tertiary alicyclic amines) is 1. The number of hydrogen-bond donors (Lipinski definition) is 4. The molecule has 3 rings (SSSR count). The smallest absolute Gasteiger partial charge is 0.315 e. The van der Waals surface area contributed by atoms with E-state index in [4.69, 9.17) is 0 Å². The minimum atomic E-state index is -0.264. The molecule has 3 aliphatic heterocycles. The monoisotopic (exact) mass is 565 g/mol. The number of nitrogens with zero attached hydrogens (tertiary/aromatic N) is 1. The summed E-state index contributed by atoms with van der Waals surface area (Å²) in [5, 5.41) is 12.2. The predicted octanol–water partition coefficient (Wildman–Crippen LogP) is 1.78. The first kappa shape index (κ1) is 30.9. The Balaban J connectivity index is 1.06. The molecule has 6 amide bonds. The summed E-state index contributed by atoms with van der Waals surface area (Å²) < 4.78 is 0. The van der Waals surface area contributed by atoms with Gasteiger partial charge in [-0.05, 0) is 38.5 Å². The minimum Gasteiger partial charge on any atom is -0.356 e. The first-order valence-corrected chi connectivity index (χ1v) is 15.5. The van der Waals surface area contributed by atoms with Gasteiger partial charge >= 0.3 is 6.03 Å². The Bertz CT molecular complexity index is 884. The van der Waals surface area contributed by atoms with Crippen LogP contribution in [0.4, 0.5) is 4.79 Å². The van der Waals surface area contributed by atoms with Gasteiger partial charge in [0.15, 0.2) is 5.78 Å². The van der Waals surface area contributed by atoms with Crippen LogP contribution in [0.1, 0.15) is 89.9 Å². The maximum absolute atomic E-state index is 12.0. The number of amides is 6. The molecule has 0 aromatic heterocycles. The summed E-state index contributed by atoms with van der Waals surface area (Å²) in [6.45, 7) is 1.08. The van der Waals surface area contributed by atoms with Gasteiger partial charge in [0.25, 0.3) is 0 Å². The van der Waals surface area contributed by atoms with Crippen LogP contribution in [0.15, 0.2) is 0 Å². The lowest BCUT2D eigenvalue weighted by Crippen LogP contribution is -2.36. The number of Topliss-reactive ketones (excluding diaryl/α,β-unsaturated/α-hetero) is 1. The molecule has 11 nitrogen and oxygen atoms in total. The van der Waals surface area contributed by atoms with E-state index in [9.17, 15) is 28.8 Å². The molecule has 3 fully saturated rings. The van der Waals surface area contributed by atoms with Crippen molar-refractivity contribution in [2.45, 2.75) is 107 Å². The highest BCUT2D eigenvalue weighted by Crippen LogP contribution is 2.33. The number of ketones is 1. The molecule has 0 radical (unpaired) electrons. The highest BCUT2D eigenvalue weighted by atomic mass is 32.2. The van der Waals surface area contributed by atoms with Crippen LogP contribution in [0.25, 0.3) is 0 Å². The molecule has 12 heteroatoms. The van der Waals surface area contributed by atoms with Crippen LogP contribution in [0, 0.1) is 0 Å². The molecule has 0 aliphatic carbocycles. The Morgan fingerprint density at radius 3 is 2.00 bits per heavy atom. The van der Waals surface area contributed by atoms with Crippen molar-refractivity contribution in [3.8, 4) is 0 Å². The molecule has 0 bridgehead atoms. The zero-order chi connectivity index (χ0) is 28.0. The van der Waals surface area contributed by atoms with Crippen LogP contribution in [-0.4, -0.2) is 83.1 Å². The topological polar surface area (TPSA) is 154 Å².